The van der Waals surface area contributed by atoms with Gasteiger partial charge in [-0.25, -0.2) is 4.39 Å². The molecule has 0 heterocycles. The van der Waals surface area contributed by atoms with Gasteiger partial charge in [-0.1, -0.05) is 19.1 Å². The number of aryl methyl sites for hydroxylation is 1. The van der Waals surface area contributed by atoms with Crippen LogP contribution in [0.2, 0.25) is 0 Å². The molecule has 0 saturated carbocycles. The van der Waals surface area contributed by atoms with E-state index in [-0.39, 0.29) is 11.7 Å². The maximum Gasteiger partial charge on any atom is 0.261 e. The van der Waals surface area contributed by atoms with Crippen LogP contribution in [0.25, 0.3) is 0 Å². The third kappa shape index (κ3) is 6.10. The van der Waals surface area contributed by atoms with Gasteiger partial charge in [-0.05, 0) is 61.2 Å². The van der Waals surface area contributed by atoms with E-state index >= 15 is 0 Å². The second-order valence-corrected chi connectivity index (χ2v) is 5.71. The summed E-state index contributed by atoms with van der Waals surface area (Å²) in [5, 5.41) is 2.90. The van der Waals surface area contributed by atoms with Crippen molar-refractivity contribution < 1.29 is 18.7 Å². The van der Waals surface area contributed by atoms with Crippen molar-refractivity contribution in [1.82, 2.24) is 5.32 Å². The molecule has 2 aromatic rings. The third-order valence-corrected chi connectivity index (χ3v) is 3.86. The second kappa shape index (κ2) is 9.67. The largest absolute Gasteiger partial charge is 0.497 e. The van der Waals surface area contributed by atoms with Gasteiger partial charge < -0.3 is 14.8 Å². The monoisotopic (exact) mass is 345 g/mol. The van der Waals surface area contributed by atoms with Crippen molar-refractivity contribution in [1.29, 1.82) is 0 Å². The first-order chi connectivity index (χ1) is 12.1. The number of rotatable bonds is 9. The average Bonchev–Trinajstić information content (AvgIpc) is 2.65. The first-order valence-electron chi connectivity index (χ1n) is 8.45. The third-order valence-electron chi connectivity index (χ3n) is 3.86. The zero-order chi connectivity index (χ0) is 18.1. The van der Waals surface area contributed by atoms with E-state index < -0.39 is 6.10 Å². The number of carbonyl (C=O) groups is 1. The van der Waals surface area contributed by atoms with Crippen molar-refractivity contribution in [2.75, 3.05) is 13.7 Å². The molecule has 0 aromatic heterocycles. The van der Waals surface area contributed by atoms with Gasteiger partial charge in [-0.3, -0.25) is 4.79 Å². The minimum atomic E-state index is -0.577. The van der Waals surface area contributed by atoms with Crippen LogP contribution >= 0.6 is 0 Å². The molecule has 0 spiro atoms. The van der Waals surface area contributed by atoms with Crippen molar-refractivity contribution >= 4 is 5.91 Å². The molecule has 1 atom stereocenters. The van der Waals surface area contributed by atoms with Crippen molar-refractivity contribution in [3.05, 3.63) is 59.9 Å². The summed E-state index contributed by atoms with van der Waals surface area (Å²) in [6.07, 6.45) is 1.68. The molecule has 4 nitrogen and oxygen atoms in total. The molecular weight excluding hydrogens is 321 g/mol. The highest BCUT2D eigenvalue weighted by Gasteiger charge is 2.17. The van der Waals surface area contributed by atoms with E-state index in [9.17, 15) is 9.18 Å². The van der Waals surface area contributed by atoms with E-state index in [4.69, 9.17) is 9.47 Å². The lowest BCUT2D eigenvalue weighted by atomic mass is 10.1. The van der Waals surface area contributed by atoms with E-state index in [1.54, 1.807) is 7.11 Å². The quantitative estimate of drug-likeness (QED) is 0.704. The van der Waals surface area contributed by atoms with E-state index in [1.165, 1.54) is 29.8 Å². The summed E-state index contributed by atoms with van der Waals surface area (Å²) in [5.41, 5.74) is 1.20. The molecule has 134 valence electrons. The van der Waals surface area contributed by atoms with Gasteiger partial charge in [0.05, 0.1) is 7.11 Å². The summed E-state index contributed by atoms with van der Waals surface area (Å²) in [4.78, 5) is 12.2. The maximum atomic E-state index is 12.9. The molecule has 0 aliphatic carbocycles. The number of hydrogen-bond acceptors (Lipinski definition) is 3. The fourth-order valence-electron chi connectivity index (χ4n) is 2.41. The highest BCUT2D eigenvalue weighted by Crippen LogP contribution is 2.15. The average molecular weight is 345 g/mol. The Labute approximate surface area is 148 Å². The van der Waals surface area contributed by atoms with E-state index in [0.717, 1.165) is 18.6 Å². The minimum absolute atomic E-state index is 0.151. The standard InChI is InChI=1S/C20H24FNO3/c1-3-19(25-18-12-8-16(21)9-13-18)20(23)22-14-4-5-15-6-10-17(24-2)11-7-15/h6-13,19H,3-5,14H2,1-2H3,(H,22,23). The molecule has 0 radical (unpaired) electrons. The Bertz CT molecular complexity index is 656. The Morgan fingerprint density at radius 1 is 1.08 bits per heavy atom. The number of benzene rings is 2. The number of ether oxygens (including phenoxy) is 2. The molecular formula is C20H24FNO3. The second-order valence-electron chi connectivity index (χ2n) is 5.71. The van der Waals surface area contributed by atoms with Crippen LogP contribution in [0, 0.1) is 5.82 Å². The summed E-state index contributed by atoms with van der Waals surface area (Å²) < 4.78 is 23.7. The van der Waals surface area contributed by atoms with Gasteiger partial charge in [0.25, 0.3) is 5.91 Å². The van der Waals surface area contributed by atoms with Crippen LogP contribution in [-0.2, 0) is 11.2 Å². The molecule has 0 bridgehead atoms. The van der Waals surface area contributed by atoms with Crippen LogP contribution in [0.3, 0.4) is 0 Å². The zero-order valence-corrected chi connectivity index (χ0v) is 14.6. The number of hydrogen-bond donors (Lipinski definition) is 1. The number of carbonyl (C=O) groups excluding carboxylic acids is 1. The molecule has 0 saturated heterocycles. The van der Waals surface area contributed by atoms with Crippen LogP contribution in [0.4, 0.5) is 4.39 Å². The SMILES string of the molecule is CCC(Oc1ccc(F)cc1)C(=O)NCCCc1ccc(OC)cc1. The lowest BCUT2D eigenvalue weighted by Gasteiger charge is -2.17. The zero-order valence-electron chi connectivity index (χ0n) is 14.6. The highest BCUT2D eigenvalue weighted by atomic mass is 19.1. The van der Waals surface area contributed by atoms with Crippen molar-refractivity contribution in [3.8, 4) is 11.5 Å². The van der Waals surface area contributed by atoms with Gasteiger partial charge >= 0.3 is 0 Å². The maximum absolute atomic E-state index is 12.9. The van der Waals surface area contributed by atoms with Crippen LogP contribution in [0.5, 0.6) is 11.5 Å². The summed E-state index contributed by atoms with van der Waals surface area (Å²) in [7, 11) is 1.64. The summed E-state index contributed by atoms with van der Waals surface area (Å²) in [6, 6.07) is 13.6. The summed E-state index contributed by atoms with van der Waals surface area (Å²) in [5.74, 6) is 0.840. The van der Waals surface area contributed by atoms with Crippen LogP contribution in [-0.4, -0.2) is 25.7 Å². The fraction of sp³-hybridized carbons (Fsp3) is 0.350. The molecule has 1 amide bonds. The molecule has 2 aromatic carbocycles. The Hall–Kier alpha value is -2.56. The molecule has 0 aliphatic heterocycles. The lowest BCUT2D eigenvalue weighted by Crippen LogP contribution is -2.38. The Morgan fingerprint density at radius 2 is 1.72 bits per heavy atom. The van der Waals surface area contributed by atoms with Crippen molar-refractivity contribution in [3.63, 3.8) is 0 Å². The first kappa shape index (κ1) is 18.8. The van der Waals surface area contributed by atoms with Crippen molar-refractivity contribution in [2.45, 2.75) is 32.3 Å². The first-order valence-corrected chi connectivity index (χ1v) is 8.45. The van der Waals surface area contributed by atoms with Crippen LogP contribution < -0.4 is 14.8 Å². The number of halogens is 1. The highest BCUT2D eigenvalue weighted by molar-refractivity contribution is 5.81. The topological polar surface area (TPSA) is 47.6 Å². The van der Waals surface area contributed by atoms with Crippen LogP contribution in [0.1, 0.15) is 25.3 Å². The van der Waals surface area contributed by atoms with Gasteiger partial charge in [0.15, 0.2) is 6.10 Å². The number of methoxy groups -OCH3 is 1. The molecule has 25 heavy (non-hydrogen) atoms. The Morgan fingerprint density at radius 3 is 2.32 bits per heavy atom. The van der Waals surface area contributed by atoms with Gasteiger partial charge in [0, 0.05) is 6.54 Å². The van der Waals surface area contributed by atoms with Crippen molar-refractivity contribution in [2.24, 2.45) is 0 Å². The van der Waals surface area contributed by atoms with Gasteiger partial charge in [-0.2, -0.15) is 0 Å². The molecule has 0 aliphatic rings. The fourth-order valence-corrected chi connectivity index (χ4v) is 2.41. The van der Waals surface area contributed by atoms with Crippen LogP contribution in [0.15, 0.2) is 48.5 Å². The Kier molecular flexibility index (Phi) is 7.26. The minimum Gasteiger partial charge on any atom is -0.497 e. The summed E-state index contributed by atoms with van der Waals surface area (Å²) in [6.45, 7) is 2.46. The predicted molar refractivity (Wildman–Crippen MR) is 95.4 cm³/mol. The normalized spacial score (nSPS) is 11.6. The van der Waals surface area contributed by atoms with E-state index in [2.05, 4.69) is 5.32 Å². The molecule has 2 rings (SSSR count). The molecule has 1 unspecified atom stereocenters. The smallest absolute Gasteiger partial charge is 0.261 e. The van der Waals surface area contributed by atoms with Gasteiger partial charge in [0.2, 0.25) is 0 Å². The van der Waals surface area contributed by atoms with E-state index in [0.29, 0.717) is 18.7 Å². The van der Waals surface area contributed by atoms with Gasteiger partial charge in [0.1, 0.15) is 17.3 Å². The predicted octanol–water partition coefficient (Wildman–Crippen LogP) is 3.74. The molecule has 5 heteroatoms. The lowest BCUT2D eigenvalue weighted by molar-refractivity contribution is -0.128. The number of nitrogens with one attached hydrogen (secondary N) is 1. The molecule has 0 fully saturated rings. The van der Waals surface area contributed by atoms with Gasteiger partial charge in [-0.15, -0.1) is 0 Å². The van der Waals surface area contributed by atoms with E-state index in [1.807, 2.05) is 31.2 Å². The number of amides is 1. The Balaban J connectivity index is 1.74. The molecule has 1 N–H and O–H groups in total. The summed E-state index contributed by atoms with van der Waals surface area (Å²) >= 11 is 0.